The highest BCUT2D eigenvalue weighted by Crippen LogP contribution is 2.14. The summed E-state index contributed by atoms with van der Waals surface area (Å²) in [7, 11) is 0. The van der Waals surface area contributed by atoms with Crippen molar-refractivity contribution in [3.8, 4) is 0 Å². The molecular formula is C11H8ClNO3. The Morgan fingerprint density at radius 2 is 2.25 bits per heavy atom. The van der Waals surface area contributed by atoms with E-state index < -0.39 is 0 Å². The number of nitrogens with zero attached hydrogens (tertiary/aromatic N) is 1. The van der Waals surface area contributed by atoms with Crippen molar-refractivity contribution in [3.63, 3.8) is 0 Å². The molecule has 2 aromatic rings. The van der Waals surface area contributed by atoms with Gasteiger partial charge in [-0.2, -0.15) is 0 Å². The molecule has 0 radical (unpaired) electrons. The van der Waals surface area contributed by atoms with Gasteiger partial charge in [0.05, 0.1) is 10.9 Å². The van der Waals surface area contributed by atoms with Gasteiger partial charge in [-0.3, -0.25) is 4.79 Å². The summed E-state index contributed by atoms with van der Waals surface area (Å²) in [5.74, 6) is 0. The van der Waals surface area contributed by atoms with E-state index in [1.807, 2.05) is 6.92 Å². The van der Waals surface area contributed by atoms with Crippen LogP contribution in [0.5, 0.6) is 0 Å². The van der Waals surface area contributed by atoms with Gasteiger partial charge in [0.2, 0.25) is 5.43 Å². The number of hydrogen-bond acceptors (Lipinski definition) is 4. The molecule has 5 heteroatoms. The highest BCUT2D eigenvalue weighted by atomic mass is 35.5. The molecule has 1 N–H and O–H groups in total. The first-order valence-corrected chi connectivity index (χ1v) is 4.91. The van der Waals surface area contributed by atoms with Crippen LogP contribution in [0, 0.1) is 6.92 Å². The third kappa shape index (κ3) is 1.67. The van der Waals surface area contributed by atoms with Crippen molar-refractivity contribution in [2.75, 3.05) is 0 Å². The second-order valence-electron chi connectivity index (χ2n) is 3.37. The summed E-state index contributed by atoms with van der Waals surface area (Å²) in [6, 6.07) is 5.21. The molecule has 0 amide bonds. The van der Waals surface area contributed by atoms with Crippen LogP contribution in [0.25, 0.3) is 11.0 Å². The lowest BCUT2D eigenvalue weighted by molar-refractivity contribution is 0.320. The minimum absolute atomic E-state index is 0.0421. The van der Waals surface area contributed by atoms with Crippen LogP contribution in [0.2, 0.25) is 0 Å². The molecule has 1 aromatic carbocycles. The lowest BCUT2D eigenvalue weighted by Gasteiger charge is -2.00. The van der Waals surface area contributed by atoms with E-state index in [2.05, 4.69) is 5.16 Å². The van der Waals surface area contributed by atoms with E-state index in [-0.39, 0.29) is 16.2 Å². The zero-order valence-corrected chi connectivity index (χ0v) is 9.15. The largest absolute Gasteiger partial charge is 0.463 e. The Bertz CT molecular complexity index is 631. The van der Waals surface area contributed by atoms with Crippen LogP contribution in [0.3, 0.4) is 0 Å². The van der Waals surface area contributed by atoms with Gasteiger partial charge in [-0.15, -0.1) is 0 Å². The van der Waals surface area contributed by atoms with Gasteiger partial charge < -0.3 is 9.62 Å². The van der Waals surface area contributed by atoms with Crippen molar-refractivity contribution in [2.24, 2.45) is 5.16 Å². The average molecular weight is 238 g/mol. The van der Waals surface area contributed by atoms with Crippen molar-refractivity contribution < 1.29 is 9.62 Å². The predicted molar refractivity (Wildman–Crippen MR) is 61.4 cm³/mol. The summed E-state index contributed by atoms with van der Waals surface area (Å²) < 4.78 is 5.25. The Morgan fingerprint density at radius 3 is 2.94 bits per heavy atom. The molecule has 0 atom stereocenters. The van der Waals surface area contributed by atoms with Crippen LogP contribution in [0.1, 0.15) is 11.1 Å². The number of benzene rings is 1. The first kappa shape index (κ1) is 10.7. The Hall–Kier alpha value is -1.81. The summed E-state index contributed by atoms with van der Waals surface area (Å²) in [6.07, 6.45) is 1.19. The molecule has 4 nitrogen and oxygen atoms in total. The number of halogens is 1. The van der Waals surface area contributed by atoms with E-state index in [1.165, 1.54) is 6.26 Å². The molecule has 0 saturated carbocycles. The second-order valence-corrected chi connectivity index (χ2v) is 3.73. The zero-order chi connectivity index (χ0) is 11.7. The maximum absolute atomic E-state index is 11.9. The molecule has 82 valence electrons. The van der Waals surface area contributed by atoms with Gasteiger partial charge in [0.1, 0.15) is 11.8 Å². The van der Waals surface area contributed by atoms with Gasteiger partial charge in [0.25, 0.3) is 0 Å². The maximum atomic E-state index is 11.9. The number of aryl methyl sites for hydroxylation is 1. The number of rotatable bonds is 1. The molecule has 0 bridgehead atoms. The monoisotopic (exact) mass is 237 g/mol. The van der Waals surface area contributed by atoms with Crippen LogP contribution in [0.4, 0.5) is 0 Å². The third-order valence-corrected chi connectivity index (χ3v) is 2.52. The molecule has 0 spiro atoms. The molecule has 16 heavy (non-hydrogen) atoms. The van der Waals surface area contributed by atoms with Crippen molar-refractivity contribution in [3.05, 3.63) is 45.8 Å². The van der Waals surface area contributed by atoms with Crippen molar-refractivity contribution in [1.29, 1.82) is 0 Å². The van der Waals surface area contributed by atoms with Crippen LogP contribution < -0.4 is 5.43 Å². The molecule has 0 fully saturated rings. The highest BCUT2D eigenvalue weighted by molar-refractivity contribution is 6.69. The average Bonchev–Trinajstić information content (AvgIpc) is 2.28. The van der Waals surface area contributed by atoms with Gasteiger partial charge in [-0.1, -0.05) is 22.8 Å². The first-order valence-electron chi connectivity index (χ1n) is 4.53. The summed E-state index contributed by atoms with van der Waals surface area (Å²) in [5, 5.41) is 11.4. The molecule has 1 heterocycles. The highest BCUT2D eigenvalue weighted by Gasteiger charge is 2.11. The Kier molecular flexibility index (Phi) is 2.66. The summed E-state index contributed by atoms with van der Waals surface area (Å²) in [5.41, 5.74) is 1.20. The molecule has 0 unspecified atom stereocenters. The van der Waals surface area contributed by atoms with E-state index in [0.29, 0.717) is 11.0 Å². The Morgan fingerprint density at radius 1 is 1.50 bits per heavy atom. The summed E-state index contributed by atoms with van der Waals surface area (Å²) in [4.78, 5) is 11.9. The molecule has 0 saturated heterocycles. The molecule has 0 aliphatic rings. The molecule has 0 aliphatic carbocycles. The fourth-order valence-electron chi connectivity index (χ4n) is 1.43. The lowest BCUT2D eigenvalue weighted by Crippen LogP contribution is -2.11. The number of oxime groups is 1. The van der Waals surface area contributed by atoms with Crippen LogP contribution in [0.15, 0.2) is 38.8 Å². The normalized spacial score (nSPS) is 12.0. The minimum atomic E-state index is -0.316. The molecular weight excluding hydrogens is 230 g/mol. The van der Waals surface area contributed by atoms with Crippen molar-refractivity contribution in [2.45, 2.75) is 6.92 Å². The molecule has 0 aliphatic heterocycles. The minimum Gasteiger partial charge on any atom is -0.463 e. The standard InChI is InChI=1S/C11H8ClNO3/c1-6-2-3-7-9(4-6)16-5-8(10(7)14)11(12)13-15/h2-5,15H,1H3/b13-11-. The SMILES string of the molecule is Cc1ccc2c(=O)c(/C(Cl)=N/O)coc2c1. The number of fused-ring (bicyclic) bond motifs is 1. The van der Waals surface area contributed by atoms with Gasteiger partial charge in [-0.05, 0) is 24.6 Å². The summed E-state index contributed by atoms with van der Waals surface area (Å²) in [6.45, 7) is 1.90. The summed E-state index contributed by atoms with van der Waals surface area (Å²) >= 11 is 5.57. The van der Waals surface area contributed by atoms with Crippen LogP contribution in [-0.2, 0) is 0 Å². The van der Waals surface area contributed by atoms with Gasteiger partial charge >= 0.3 is 0 Å². The van der Waals surface area contributed by atoms with Gasteiger partial charge in [0.15, 0.2) is 5.17 Å². The lowest BCUT2D eigenvalue weighted by atomic mass is 10.1. The number of hydrogen-bond donors (Lipinski definition) is 1. The fourth-order valence-corrected chi connectivity index (χ4v) is 1.56. The zero-order valence-electron chi connectivity index (χ0n) is 8.40. The van der Waals surface area contributed by atoms with E-state index in [0.717, 1.165) is 5.56 Å². The fraction of sp³-hybridized carbons (Fsp3) is 0.0909. The Balaban J connectivity index is 2.81. The second kappa shape index (κ2) is 3.98. The van der Waals surface area contributed by atoms with Crippen LogP contribution >= 0.6 is 11.6 Å². The smallest absolute Gasteiger partial charge is 0.203 e. The predicted octanol–water partition coefficient (Wildman–Crippen LogP) is 2.48. The van der Waals surface area contributed by atoms with E-state index in [9.17, 15) is 4.79 Å². The van der Waals surface area contributed by atoms with E-state index >= 15 is 0 Å². The molecule has 2 rings (SSSR count). The van der Waals surface area contributed by atoms with Crippen molar-refractivity contribution >= 4 is 27.7 Å². The van der Waals surface area contributed by atoms with Crippen LogP contribution in [-0.4, -0.2) is 10.4 Å². The van der Waals surface area contributed by atoms with Crippen molar-refractivity contribution in [1.82, 2.24) is 0 Å². The topological polar surface area (TPSA) is 62.8 Å². The molecule has 1 aromatic heterocycles. The Labute approximate surface area is 95.8 Å². The van der Waals surface area contributed by atoms with Gasteiger partial charge in [-0.25, -0.2) is 0 Å². The third-order valence-electron chi connectivity index (χ3n) is 2.24. The first-order chi connectivity index (χ1) is 7.63. The van der Waals surface area contributed by atoms with Gasteiger partial charge in [0, 0.05) is 0 Å². The van der Waals surface area contributed by atoms with E-state index in [1.54, 1.807) is 18.2 Å². The quantitative estimate of drug-likeness (QED) is 0.471. The van der Waals surface area contributed by atoms with E-state index in [4.69, 9.17) is 21.2 Å². The maximum Gasteiger partial charge on any atom is 0.203 e.